The van der Waals surface area contributed by atoms with Crippen LogP contribution in [-0.4, -0.2) is 39.8 Å². The Hall–Kier alpha value is -2.58. The molecule has 3 N–H and O–H groups in total. The summed E-state index contributed by atoms with van der Waals surface area (Å²) in [7, 11) is 0. The molecule has 0 unspecified atom stereocenters. The van der Waals surface area contributed by atoms with Gasteiger partial charge < -0.3 is 19.8 Å². The van der Waals surface area contributed by atoms with Gasteiger partial charge in [-0.3, -0.25) is 4.79 Å². The second kappa shape index (κ2) is 7.33. The van der Waals surface area contributed by atoms with E-state index in [1.165, 1.54) is 6.07 Å². The number of halogens is 1. The van der Waals surface area contributed by atoms with Gasteiger partial charge in [-0.05, 0) is 32.0 Å². The molecule has 0 bridgehead atoms. The van der Waals surface area contributed by atoms with E-state index < -0.39 is 29.9 Å². The fraction of sp³-hybridized carbons (Fsp3) is 0.267. The number of nitrogens with one attached hydrogen (secondary N) is 1. The lowest BCUT2D eigenvalue weighted by Gasteiger charge is -2.12. The number of rotatable bonds is 4. The van der Waals surface area contributed by atoms with Crippen LogP contribution in [0.1, 0.15) is 24.3 Å². The summed E-state index contributed by atoms with van der Waals surface area (Å²) in [6.07, 6.45) is -0.0833. The van der Waals surface area contributed by atoms with Gasteiger partial charge in [-0.2, -0.15) is 5.48 Å². The number of aromatic nitrogens is 1. The highest BCUT2D eigenvalue weighted by Gasteiger charge is 2.21. The number of aromatic hydroxyl groups is 1. The van der Waals surface area contributed by atoms with Gasteiger partial charge in [0.05, 0.1) is 6.10 Å². The average molecular weight is 355 g/mol. The summed E-state index contributed by atoms with van der Waals surface area (Å²) in [4.78, 5) is 31.0. The summed E-state index contributed by atoms with van der Waals surface area (Å²) < 4.78 is 5.54. The third-order valence-corrected chi connectivity index (χ3v) is 3.16. The first kappa shape index (κ1) is 17.8. The number of fused-ring (bicyclic) bond motifs is 1. The minimum absolute atomic E-state index is 0.0284. The maximum Gasteiger partial charge on any atom is 0.385 e. The highest BCUT2D eigenvalue weighted by molar-refractivity contribution is 6.34. The highest BCUT2D eigenvalue weighted by Crippen LogP contribution is 2.34. The summed E-state index contributed by atoms with van der Waals surface area (Å²) in [6.45, 7) is 2.83. The lowest BCUT2D eigenvalue weighted by molar-refractivity contribution is -0.132. The molecule has 0 atom stereocenters. The van der Waals surface area contributed by atoms with Gasteiger partial charge in [0.2, 0.25) is 0 Å². The molecule has 0 radical (unpaired) electrons. The smallest absolute Gasteiger partial charge is 0.385 e. The number of pyridine rings is 1. The van der Waals surface area contributed by atoms with Crippen LogP contribution in [0.2, 0.25) is 5.15 Å². The predicted octanol–water partition coefficient (Wildman–Crippen LogP) is 1.56. The molecule has 2 aromatic rings. The van der Waals surface area contributed by atoms with Crippen LogP contribution in [0.3, 0.4) is 0 Å². The zero-order valence-corrected chi connectivity index (χ0v) is 13.6. The molecule has 1 amide bonds. The molecule has 24 heavy (non-hydrogen) atoms. The average Bonchev–Trinajstić information content (AvgIpc) is 2.54. The van der Waals surface area contributed by atoms with Crippen LogP contribution >= 0.6 is 11.6 Å². The quantitative estimate of drug-likeness (QED) is 0.563. The molecule has 0 aliphatic rings. The van der Waals surface area contributed by atoms with Crippen molar-refractivity contribution >= 4 is 34.2 Å². The number of carbonyl (C=O) groups is 2. The van der Waals surface area contributed by atoms with Gasteiger partial charge >= 0.3 is 5.97 Å². The zero-order valence-electron chi connectivity index (χ0n) is 12.9. The van der Waals surface area contributed by atoms with Gasteiger partial charge in [-0.1, -0.05) is 11.6 Å². The summed E-state index contributed by atoms with van der Waals surface area (Å²) in [5.41, 5.74) is 1.23. The van der Waals surface area contributed by atoms with E-state index in [9.17, 15) is 14.7 Å². The maximum absolute atomic E-state index is 11.9. The molecule has 1 aromatic carbocycles. The third kappa shape index (κ3) is 3.84. The van der Waals surface area contributed by atoms with E-state index in [2.05, 4.69) is 9.82 Å². The Bertz CT molecular complexity index is 793. The largest absolute Gasteiger partial charge is 0.505 e. The number of hydrogen-bond acceptors (Lipinski definition) is 7. The van der Waals surface area contributed by atoms with Crippen LogP contribution in [0.4, 0.5) is 0 Å². The number of nitrogens with zero attached hydrogens (tertiary/aromatic N) is 1. The van der Waals surface area contributed by atoms with Crippen molar-refractivity contribution in [2.24, 2.45) is 0 Å². The molecule has 9 heteroatoms. The van der Waals surface area contributed by atoms with E-state index in [1.807, 2.05) is 13.8 Å². The van der Waals surface area contributed by atoms with Gasteiger partial charge in [0.15, 0.2) is 11.4 Å². The van der Waals surface area contributed by atoms with Crippen molar-refractivity contribution in [2.75, 3.05) is 6.61 Å². The molecule has 1 heterocycles. The number of aliphatic hydroxyl groups is 1. The molecule has 128 valence electrons. The van der Waals surface area contributed by atoms with Crippen molar-refractivity contribution in [3.8, 4) is 11.5 Å². The van der Waals surface area contributed by atoms with Crippen LogP contribution in [-0.2, 0) is 9.63 Å². The summed E-state index contributed by atoms with van der Waals surface area (Å²) in [6, 6.07) is 4.78. The minimum Gasteiger partial charge on any atom is -0.505 e. The number of carbonyl (C=O) groups excluding carboxylic acids is 2. The molecular weight excluding hydrogens is 340 g/mol. The summed E-state index contributed by atoms with van der Waals surface area (Å²) in [5, 5.41) is 19.5. The molecule has 0 fully saturated rings. The van der Waals surface area contributed by atoms with Crippen LogP contribution in [0, 0.1) is 0 Å². The van der Waals surface area contributed by atoms with Crippen molar-refractivity contribution in [3.05, 3.63) is 29.0 Å². The molecule has 2 rings (SSSR count). The Balaban J connectivity index is 2.42. The van der Waals surface area contributed by atoms with Gasteiger partial charge in [-0.25, -0.2) is 9.78 Å². The standard InChI is InChI=1S/C15H15ClN2O6/c1-7(2)23-8-3-4-9-10(5-8)13(21)12(17-14(9)16)15(22)24-18-11(20)6-19/h3-5,7,19,21H,6H2,1-2H3,(H,18,20). The van der Waals surface area contributed by atoms with Gasteiger partial charge in [0.25, 0.3) is 5.91 Å². The molecule has 8 nitrogen and oxygen atoms in total. The van der Waals surface area contributed by atoms with E-state index in [0.717, 1.165) is 0 Å². The van der Waals surface area contributed by atoms with Gasteiger partial charge in [0, 0.05) is 10.8 Å². The van der Waals surface area contributed by atoms with Crippen LogP contribution in [0.15, 0.2) is 18.2 Å². The Labute approximate surface area is 141 Å². The first-order valence-corrected chi connectivity index (χ1v) is 7.31. The molecular formula is C15H15ClN2O6. The van der Waals surface area contributed by atoms with Crippen LogP contribution in [0.5, 0.6) is 11.5 Å². The number of hydrogen-bond donors (Lipinski definition) is 3. The Morgan fingerprint density at radius 2 is 2.04 bits per heavy atom. The molecule has 0 spiro atoms. The Morgan fingerprint density at radius 3 is 2.67 bits per heavy atom. The summed E-state index contributed by atoms with van der Waals surface area (Å²) >= 11 is 6.03. The predicted molar refractivity (Wildman–Crippen MR) is 84.8 cm³/mol. The number of aliphatic hydroxyl groups excluding tert-OH is 1. The number of hydroxylamine groups is 1. The monoisotopic (exact) mass is 354 g/mol. The third-order valence-electron chi connectivity index (χ3n) is 2.87. The van der Waals surface area contributed by atoms with Crippen LogP contribution in [0.25, 0.3) is 10.8 Å². The Morgan fingerprint density at radius 1 is 1.33 bits per heavy atom. The van der Waals surface area contributed by atoms with E-state index in [-0.39, 0.29) is 16.6 Å². The van der Waals surface area contributed by atoms with E-state index in [4.69, 9.17) is 21.4 Å². The fourth-order valence-corrected chi connectivity index (χ4v) is 2.16. The molecule has 0 saturated heterocycles. The van der Waals surface area contributed by atoms with Crippen molar-refractivity contribution in [1.29, 1.82) is 0 Å². The van der Waals surface area contributed by atoms with Crippen molar-refractivity contribution in [2.45, 2.75) is 20.0 Å². The van der Waals surface area contributed by atoms with Crippen molar-refractivity contribution < 1.29 is 29.4 Å². The summed E-state index contributed by atoms with van der Waals surface area (Å²) in [5.74, 6) is -2.05. The minimum atomic E-state index is -1.13. The molecule has 0 aliphatic carbocycles. The van der Waals surface area contributed by atoms with Crippen molar-refractivity contribution in [1.82, 2.24) is 10.5 Å². The molecule has 1 aromatic heterocycles. The van der Waals surface area contributed by atoms with E-state index in [0.29, 0.717) is 11.1 Å². The Kier molecular flexibility index (Phi) is 5.42. The lowest BCUT2D eigenvalue weighted by atomic mass is 10.1. The van der Waals surface area contributed by atoms with E-state index in [1.54, 1.807) is 17.6 Å². The van der Waals surface area contributed by atoms with Gasteiger partial charge in [-0.15, -0.1) is 0 Å². The van der Waals surface area contributed by atoms with Gasteiger partial charge in [0.1, 0.15) is 17.5 Å². The normalized spacial score (nSPS) is 10.7. The zero-order chi connectivity index (χ0) is 17.9. The molecule has 0 saturated carbocycles. The second-order valence-electron chi connectivity index (χ2n) is 5.05. The fourth-order valence-electron chi connectivity index (χ4n) is 1.91. The first-order valence-electron chi connectivity index (χ1n) is 6.93. The second-order valence-corrected chi connectivity index (χ2v) is 5.40. The lowest BCUT2D eigenvalue weighted by Crippen LogP contribution is -2.29. The maximum atomic E-state index is 11.9. The first-order chi connectivity index (χ1) is 11.3. The topological polar surface area (TPSA) is 118 Å². The molecule has 0 aliphatic heterocycles. The van der Waals surface area contributed by atoms with E-state index >= 15 is 0 Å². The van der Waals surface area contributed by atoms with Crippen LogP contribution < -0.4 is 10.2 Å². The highest BCUT2D eigenvalue weighted by atomic mass is 35.5. The van der Waals surface area contributed by atoms with Crippen molar-refractivity contribution in [3.63, 3.8) is 0 Å². The number of benzene rings is 1. The number of ether oxygens (including phenoxy) is 1. The SMILES string of the molecule is CC(C)Oc1ccc2c(Cl)nc(C(=O)ONC(=O)CO)c(O)c2c1. The number of amides is 1.